The van der Waals surface area contributed by atoms with Crippen molar-refractivity contribution < 1.29 is 35.5 Å². The predicted molar refractivity (Wildman–Crippen MR) is 113 cm³/mol. The number of rotatable bonds is 5. The van der Waals surface area contributed by atoms with E-state index in [1.165, 1.54) is 50.8 Å². The molecule has 1 aromatic heterocycles. The van der Waals surface area contributed by atoms with Crippen LogP contribution < -0.4 is 9.64 Å². The molecule has 0 aliphatic heterocycles. The Balaban J connectivity index is 2.16. The molecule has 0 aliphatic rings. The molecule has 3 rings (SSSR count). The van der Waals surface area contributed by atoms with Crippen LogP contribution in [0.2, 0.25) is 0 Å². The Morgan fingerprint density at radius 3 is 2.42 bits per heavy atom. The van der Waals surface area contributed by atoms with E-state index in [1.54, 1.807) is 0 Å². The molecule has 0 bridgehead atoms. The third-order valence-electron chi connectivity index (χ3n) is 4.84. The second-order valence-corrected chi connectivity index (χ2v) is 9.11. The summed E-state index contributed by atoms with van der Waals surface area (Å²) in [5.41, 5.74) is -1.50. The van der Waals surface area contributed by atoms with Gasteiger partial charge in [0.25, 0.3) is 5.91 Å². The van der Waals surface area contributed by atoms with Gasteiger partial charge in [-0.1, -0.05) is 6.07 Å². The van der Waals surface area contributed by atoms with Crippen molar-refractivity contribution >= 4 is 21.4 Å². The normalized spacial score (nSPS) is 11.8. The SMILES string of the molecule is COc1cccc(F)c1-c1ccncc1N(C)C(=O)c1cc(C(F)(F)F)cc(S(C)(=O)=O)c1. The van der Waals surface area contributed by atoms with Gasteiger partial charge in [-0.3, -0.25) is 9.78 Å². The van der Waals surface area contributed by atoms with Crippen molar-refractivity contribution in [3.8, 4) is 16.9 Å². The van der Waals surface area contributed by atoms with Crippen LogP contribution in [0.5, 0.6) is 5.75 Å². The molecule has 0 radical (unpaired) electrons. The van der Waals surface area contributed by atoms with Crippen molar-refractivity contribution in [3.63, 3.8) is 0 Å². The number of pyridine rings is 1. The lowest BCUT2D eigenvalue weighted by molar-refractivity contribution is -0.137. The number of sulfone groups is 1. The molecule has 33 heavy (non-hydrogen) atoms. The molecule has 11 heteroatoms. The minimum atomic E-state index is -4.88. The maximum Gasteiger partial charge on any atom is 0.416 e. The zero-order valence-corrected chi connectivity index (χ0v) is 18.5. The molecule has 0 N–H and O–H groups in total. The summed E-state index contributed by atoms with van der Waals surface area (Å²) in [6.07, 6.45) is -1.54. The number of benzene rings is 2. The van der Waals surface area contributed by atoms with E-state index >= 15 is 0 Å². The lowest BCUT2D eigenvalue weighted by atomic mass is 10.0. The third-order valence-corrected chi connectivity index (χ3v) is 5.93. The molecule has 3 aromatic rings. The average molecular weight is 482 g/mol. The van der Waals surface area contributed by atoms with Gasteiger partial charge in [0.05, 0.1) is 35.0 Å². The zero-order chi connectivity index (χ0) is 24.6. The van der Waals surface area contributed by atoms with Gasteiger partial charge in [0.1, 0.15) is 11.6 Å². The lowest BCUT2D eigenvalue weighted by Gasteiger charge is -2.22. The van der Waals surface area contributed by atoms with E-state index in [1.807, 2.05) is 0 Å². The number of carbonyl (C=O) groups excluding carboxylic acids is 1. The van der Waals surface area contributed by atoms with E-state index in [2.05, 4.69) is 4.98 Å². The van der Waals surface area contributed by atoms with Crippen LogP contribution in [0.25, 0.3) is 11.1 Å². The van der Waals surface area contributed by atoms with Gasteiger partial charge >= 0.3 is 6.18 Å². The van der Waals surface area contributed by atoms with Crippen LogP contribution in [-0.4, -0.2) is 39.7 Å². The monoisotopic (exact) mass is 482 g/mol. The van der Waals surface area contributed by atoms with E-state index in [4.69, 9.17) is 4.74 Å². The summed E-state index contributed by atoms with van der Waals surface area (Å²) in [4.78, 5) is 17.4. The van der Waals surface area contributed by atoms with Crippen molar-refractivity contribution in [2.75, 3.05) is 25.3 Å². The summed E-state index contributed by atoms with van der Waals surface area (Å²) in [7, 11) is -1.45. The first-order valence-electron chi connectivity index (χ1n) is 9.32. The third kappa shape index (κ3) is 4.98. The van der Waals surface area contributed by atoms with Gasteiger partial charge in [-0.2, -0.15) is 13.2 Å². The molecule has 6 nitrogen and oxygen atoms in total. The van der Waals surface area contributed by atoms with E-state index < -0.39 is 43.8 Å². The van der Waals surface area contributed by atoms with Crippen molar-refractivity contribution in [2.24, 2.45) is 0 Å². The number of alkyl halides is 3. The smallest absolute Gasteiger partial charge is 0.416 e. The molecule has 174 valence electrons. The largest absolute Gasteiger partial charge is 0.496 e. The molecule has 0 saturated heterocycles. The van der Waals surface area contributed by atoms with Crippen LogP contribution in [0.3, 0.4) is 0 Å². The quantitative estimate of drug-likeness (QED) is 0.497. The van der Waals surface area contributed by atoms with Crippen molar-refractivity contribution in [1.82, 2.24) is 4.98 Å². The molecule has 0 aliphatic carbocycles. The minimum absolute atomic E-state index is 0.0258. The Labute approximate surface area is 187 Å². The van der Waals surface area contributed by atoms with Crippen LogP contribution >= 0.6 is 0 Å². The van der Waals surface area contributed by atoms with Gasteiger partial charge in [0.15, 0.2) is 9.84 Å². The molecule has 0 unspecified atom stereocenters. The Morgan fingerprint density at radius 1 is 1.12 bits per heavy atom. The number of anilines is 1. The Bertz CT molecular complexity index is 1320. The fourth-order valence-corrected chi connectivity index (χ4v) is 3.89. The zero-order valence-electron chi connectivity index (χ0n) is 17.6. The second kappa shape index (κ2) is 8.81. The number of ether oxygens (including phenoxy) is 1. The van der Waals surface area contributed by atoms with Crippen molar-refractivity contribution in [3.05, 3.63) is 71.8 Å². The highest BCUT2D eigenvalue weighted by molar-refractivity contribution is 7.90. The first kappa shape index (κ1) is 24.2. The summed E-state index contributed by atoms with van der Waals surface area (Å²) in [5.74, 6) is -1.43. The number of halogens is 4. The molecule has 0 fully saturated rings. The highest BCUT2D eigenvalue weighted by atomic mass is 32.2. The molecule has 0 saturated carbocycles. The summed E-state index contributed by atoms with van der Waals surface area (Å²) in [5, 5.41) is 0. The standard InChI is InChI=1S/C22H18F4N2O4S/c1-28(18-12-27-8-7-16(18)20-17(23)5-4-6-19(20)32-2)21(29)13-9-14(22(24,25)26)11-15(10-13)33(3,30)31/h4-12H,1-3H3. The van der Waals surface area contributed by atoms with E-state index in [-0.39, 0.29) is 22.6 Å². The van der Waals surface area contributed by atoms with Crippen LogP contribution in [0.4, 0.5) is 23.2 Å². The number of carbonyl (C=O) groups is 1. The number of hydrogen-bond acceptors (Lipinski definition) is 5. The highest BCUT2D eigenvalue weighted by Crippen LogP contribution is 2.38. The van der Waals surface area contributed by atoms with E-state index in [9.17, 15) is 30.8 Å². The number of aromatic nitrogens is 1. The van der Waals surface area contributed by atoms with Gasteiger partial charge in [0.2, 0.25) is 0 Å². The van der Waals surface area contributed by atoms with Crippen LogP contribution in [0.15, 0.2) is 59.8 Å². The fraction of sp³-hybridized carbons (Fsp3) is 0.182. The molecule has 0 atom stereocenters. The minimum Gasteiger partial charge on any atom is -0.496 e. The van der Waals surface area contributed by atoms with Gasteiger partial charge in [-0.05, 0) is 36.4 Å². The highest BCUT2D eigenvalue weighted by Gasteiger charge is 2.33. The molecule has 1 heterocycles. The van der Waals surface area contributed by atoms with E-state index in [0.29, 0.717) is 12.1 Å². The average Bonchev–Trinajstić information content (AvgIpc) is 2.76. The fourth-order valence-electron chi connectivity index (χ4n) is 3.20. The first-order chi connectivity index (χ1) is 15.3. The maximum absolute atomic E-state index is 14.7. The molecule has 1 amide bonds. The Kier molecular flexibility index (Phi) is 6.46. The summed E-state index contributed by atoms with van der Waals surface area (Å²) in [6, 6.07) is 7.45. The van der Waals surface area contributed by atoms with Crippen LogP contribution in [0.1, 0.15) is 15.9 Å². The topological polar surface area (TPSA) is 76.6 Å². The Hall–Kier alpha value is -3.47. The lowest BCUT2D eigenvalue weighted by Crippen LogP contribution is -2.27. The summed E-state index contributed by atoms with van der Waals surface area (Å²) < 4.78 is 83.8. The molecular formula is C22H18F4N2O4S. The van der Waals surface area contributed by atoms with E-state index in [0.717, 1.165) is 17.2 Å². The van der Waals surface area contributed by atoms with Crippen molar-refractivity contribution in [1.29, 1.82) is 0 Å². The Morgan fingerprint density at radius 2 is 1.82 bits per heavy atom. The molecule has 0 spiro atoms. The molecular weight excluding hydrogens is 464 g/mol. The van der Waals surface area contributed by atoms with Gasteiger partial charge in [-0.25, -0.2) is 12.8 Å². The number of nitrogens with zero attached hydrogens (tertiary/aromatic N) is 2. The van der Waals surface area contributed by atoms with Crippen LogP contribution in [-0.2, 0) is 16.0 Å². The maximum atomic E-state index is 14.7. The van der Waals surface area contributed by atoms with Gasteiger partial charge in [0, 0.05) is 30.6 Å². The number of hydrogen-bond donors (Lipinski definition) is 0. The van der Waals surface area contributed by atoms with Gasteiger partial charge in [-0.15, -0.1) is 0 Å². The number of methoxy groups -OCH3 is 1. The van der Waals surface area contributed by atoms with Gasteiger partial charge < -0.3 is 9.64 Å². The molecule has 2 aromatic carbocycles. The first-order valence-corrected chi connectivity index (χ1v) is 11.2. The van der Waals surface area contributed by atoms with Crippen molar-refractivity contribution in [2.45, 2.75) is 11.1 Å². The number of amides is 1. The predicted octanol–water partition coefficient (Wildman–Crippen LogP) is 4.60. The summed E-state index contributed by atoms with van der Waals surface area (Å²) >= 11 is 0. The van der Waals surface area contributed by atoms with Crippen LogP contribution in [0, 0.1) is 5.82 Å². The summed E-state index contributed by atoms with van der Waals surface area (Å²) in [6.45, 7) is 0. The second-order valence-electron chi connectivity index (χ2n) is 7.09.